The van der Waals surface area contributed by atoms with Crippen molar-refractivity contribution in [2.75, 3.05) is 6.54 Å². The Labute approximate surface area is 141 Å². The van der Waals surface area contributed by atoms with E-state index >= 15 is 0 Å². The Morgan fingerprint density at radius 2 is 2.09 bits per heavy atom. The van der Waals surface area contributed by atoms with Crippen LogP contribution in [0.15, 0.2) is 5.38 Å². The summed E-state index contributed by atoms with van der Waals surface area (Å²) in [4.78, 5) is 29.4. The number of carbonyl (C=O) groups excluding carboxylic acids is 2. The number of amides is 2. The molecule has 1 fully saturated rings. The number of rotatable bonds is 7. The Hall–Kier alpha value is -1.47. The van der Waals surface area contributed by atoms with Gasteiger partial charge in [0.05, 0.1) is 0 Å². The second kappa shape index (κ2) is 8.40. The number of carbonyl (C=O) groups is 2. The highest BCUT2D eigenvalue weighted by Crippen LogP contribution is 2.29. The van der Waals surface area contributed by atoms with Crippen LogP contribution in [0.4, 0.5) is 0 Å². The summed E-state index contributed by atoms with van der Waals surface area (Å²) in [5.41, 5.74) is 5.09. The van der Waals surface area contributed by atoms with Gasteiger partial charge in [0.2, 0.25) is 5.91 Å². The number of aromatic nitrogens is 1. The smallest absolute Gasteiger partial charge is 0.271 e. The topological polar surface area (TPSA) is 97.1 Å². The Balaban J connectivity index is 2.08. The molecule has 1 aliphatic carbocycles. The predicted octanol–water partition coefficient (Wildman–Crippen LogP) is 1.95. The molecule has 0 unspecified atom stereocenters. The molecule has 0 atom stereocenters. The lowest BCUT2D eigenvalue weighted by Crippen LogP contribution is -2.59. The number of hydrogen-bond donors (Lipinski definition) is 3. The van der Waals surface area contributed by atoms with Gasteiger partial charge in [-0.15, -0.1) is 11.3 Å². The predicted molar refractivity (Wildman–Crippen MR) is 91.2 cm³/mol. The first-order chi connectivity index (χ1) is 11.1. The molecule has 4 N–H and O–H groups in total. The average Bonchev–Trinajstić information content (AvgIpc) is 3.05. The summed E-state index contributed by atoms with van der Waals surface area (Å²) in [5, 5.41) is 8.36. The van der Waals surface area contributed by atoms with Crippen molar-refractivity contribution in [3.05, 3.63) is 16.1 Å². The fraction of sp³-hybridized carbons (Fsp3) is 0.688. The Morgan fingerprint density at radius 3 is 2.70 bits per heavy atom. The highest BCUT2D eigenvalue weighted by Gasteiger charge is 2.41. The van der Waals surface area contributed by atoms with Crippen LogP contribution >= 0.6 is 11.3 Å². The van der Waals surface area contributed by atoms with Gasteiger partial charge in [0, 0.05) is 18.5 Å². The third kappa shape index (κ3) is 4.51. The van der Waals surface area contributed by atoms with E-state index in [9.17, 15) is 9.59 Å². The van der Waals surface area contributed by atoms with Gasteiger partial charge in [-0.3, -0.25) is 9.59 Å². The molecule has 0 aromatic carbocycles. The van der Waals surface area contributed by atoms with Gasteiger partial charge in [0.15, 0.2) is 0 Å². The van der Waals surface area contributed by atoms with Gasteiger partial charge in [-0.1, -0.05) is 32.6 Å². The summed E-state index contributed by atoms with van der Waals surface area (Å²) in [6.07, 6.45) is 6.35. The summed E-state index contributed by atoms with van der Waals surface area (Å²) in [6, 6.07) is 0. The van der Waals surface area contributed by atoms with Crippen molar-refractivity contribution in [3.63, 3.8) is 0 Å². The molecule has 2 amide bonds. The standard InChI is InChI=1S/C16H26N4O2S/c1-2-3-9-18-15(22)16(7-5-4-6-8-16)20-14(21)12-11-23-13(10-17)19-12/h11H,2-10,17H2,1H3,(H,18,22)(H,20,21). The number of unbranched alkanes of at least 4 members (excludes halogenated alkanes) is 1. The minimum absolute atomic E-state index is 0.0618. The maximum atomic E-state index is 12.7. The Bertz CT molecular complexity index is 538. The molecule has 1 aromatic heterocycles. The maximum Gasteiger partial charge on any atom is 0.271 e. The molecule has 0 bridgehead atoms. The van der Waals surface area contributed by atoms with Gasteiger partial charge in [-0.2, -0.15) is 0 Å². The molecule has 1 heterocycles. The zero-order valence-electron chi connectivity index (χ0n) is 13.7. The fourth-order valence-corrected chi connectivity index (χ4v) is 3.56. The van der Waals surface area contributed by atoms with Crippen molar-refractivity contribution >= 4 is 23.2 Å². The van der Waals surface area contributed by atoms with Crippen LogP contribution < -0.4 is 16.4 Å². The minimum atomic E-state index is -0.796. The third-order valence-corrected chi connectivity index (χ3v) is 5.14. The van der Waals surface area contributed by atoms with E-state index in [4.69, 9.17) is 5.73 Å². The first-order valence-corrected chi connectivity index (χ1v) is 9.24. The molecule has 6 nitrogen and oxygen atoms in total. The van der Waals surface area contributed by atoms with E-state index in [2.05, 4.69) is 22.5 Å². The van der Waals surface area contributed by atoms with Crippen LogP contribution in [0.25, 0.3) is 0 Å². The van der Waals surface area contributed by atoms with Gasteiger partial charge in [0.25, 0.3) is 5.91 Å². The lowest BCUT2D eigenvalue weighted by molar-refractivity contribution is -0.128. The van der Waals surface area contributed by atoms with Crippen molar-refractivity contribution in [2.24, 2.45) is 5.73 Å². The van der Waals surface area contributed by atoms with Crippen LogP contribution in [0.5, 0.6) is 0 Å². The number of thiazole rings is 1. The van der Waals surface area contributed by atoms with Gasteiger partial charge in [-0.05, 0) is 19.3 Å². The Kier molecular flexibility index (Phi) is 6.53. The van der Waals surface area contributed by atoms with Crippen molar-refractivity contribution in [1.29, 1.82) is 0 Å². The number of nitrogens with one attached hydrogen (secondary N) is 2. The third-order valence-electron chi connectivity index (χ3n) is 4.27. The summed E-state index contributed by atoms with van der Waals surface area (Å²) < 4.78 is 0. The summed E-state index contributed by atoms with van der Waals surface area (Å²) in [6.45, 7) is 3.06. The number of hydrogen-bond acceptors (Lipinski definition) is 5. The van der Waals surface area contributed by atoms with E-state index in [-0.39, 0.29) is 11.8 Å². The van der Waals surface area contributed by atoms with Crippen LogP contribution in [-0.2, 0) is 11.3 Å². The average molecular weight is 338 g/mol. The van der Waals surface area contributed by atoms with E-state index in [0.29, 0.717) is 31.6 Å². The summed E-state index contributed by atoms with van der Waals surface area (Å²) in [7, 11) is 0. The quantitative estimate of drug-likeness (QED) is 0.662. The summed E-state index contributed by atoms with van der Waals surface area (Å²) in [5.74, 6) is -0.346. The normalized spacial score (nSPS) is 16.8. The highest BCUT2D eigenvalue weighted by molar-refractivity contribution is 7.09. The molecule has 0 spiro atoms. The van der Waals surface area contributed by atoms with Crippen molar-refractivity contribution < 1.29 is 9.59 Å². The van der Waals surface area contributed by atoms with E-state index in [1.54, 1.807) is 5.38 Å². The van der Waals surface area contributed by atoms with E-state index in [1.807, 2.05) is 0 Å². The second-order valence-electron chi connectivity index (χ2n) is 6.04. The lowest BCUT2D eigenvalue weighted by atomic mass is 9.80. The molecule has 1 saturated carbocycles. The molecular weight excluding hydrogens is 312 g/mol. The molecule has 1 aliphatic rings. The van der Waals surface area contributed by atoms with Gasteiger partial charge < -0.3 is 16.4 Å². The molecule has 128 valence electrons. The maximum absolute atomic E-state index is 12.7. The molecule has 2 rings (SSSR count). The highest BCUT2D eigenvalue weighted by atomic mass is 32.1. The first kappa shape index (κ1) is 17.9. The van der Waals surface area contributed by atoms with Gasteiger partial charge >= 0.3 is 0 Å². The van der Waals surface area contributed by atoms with Crippen LogP contribution in [0.1, 0.15) is 67.4 Å². The van der Waals surface area contributed by atoms with Crippen LogP contribution in [0.3, 0.4) is 0 Å². The van der Waals surface area contributed by atoms with Crippen molar-refractivity contribution in [2.45, 2.75) is 64.0 Å². The molecule has 0 saturated heterocycles. The van der Waals surface area contributed by atoms with Crippen LogP contribution in [0.2, 0.25) is 0 Å². The molecule has 23 heavy (non-hydrogen) atoms. The molecule has 1 aromatic rings. The van der Waals surface area contributed by atoms with Crippen LogP contribution in [0, 0.1) is 0 Å². The van der Waals surface area contributed by atoms with E-state index in [0.717, 1.165) is 37.1 Å². The van der Waals surface area contributed by atoms with Crippen molar-refractivity contribution in [1.82, 2.24) is 15.6 Å². The minimum Gasteiger partial charge on any atom is -0.354 e. The molecule has 0 radical (unpaired) electrons. The molecule has 7 heteroatoms. The Morgan fingerprint density at radius 1 is 1.35 bits per heavy atom. The van der Waals surface area contributed by atoms with Crippen molar-refractivity contribution in [3.8, 4) is 0 Å². The zero-order chi connectivity index (χ0) is 16.7. The van der Waals surface area contributed by atoms with Crippen LogP contribution in [-0.4, -0.2) is 28.9 Å². The first-order valence-electron chi connectivity index (χ1n) is 8.36. The lowest BCUT2D eigenvalue weighted by Gasteiger charge is -2.36. The molecule has 0 aliphatic heterocycles. The van der Waals surface area contributed by atoms with E-state index < -0.39 is 5.54 Å². The fourth-order valence-electron chi connectivity index (χ4n) is 2.90. The summed E-state index contributed by atoms with van der Waals surface area (Å²) >= 11 is 1.37. The zero-order valence-corrected chi connectivity index (χ0v) is 14.5. The van der Waals surface area contributed by atoms with E-state index in [1.165, 1.54) is 11.3 Å². The van der Waals surface area contributed by atoms with Gasteiger partial charge in [-0.25, -0.2) is 4.98 Å². The SMILES string of the molecule is CCCCNC(=O)C1(NC(=O)c2csc(CN)n2)CCCCC1. The second-order valence-corrected chi connectivity index (χ2v) is 6.98. The number of nitrogens with two attached hydrogens (primary N) is 1. The monoisotopic (exact) mass is 338 g/mol. The largest absolute Gasteiger partial charge is 0.354 e. The van der Waals surface area contributed by atoms with Gasteiger partial charge in [0.1, 0.15) is 16.2 Å². The number of nitrogens with zero attached hydrogens (tertiary/aromatic N) is 1. The molecular formula is C16H26N4O2S.